The number of fused-ring (bicyclic) bond motifs is 2. The van der Waals surface area contributed by atoms with Crippen LogP contribution in [-0.4, -0.2) is 55.6 Å². The lowest BCUT2D eigenvalue weighted by atomic mass is 9.95. The summed E-state index contributed by atoms with van der Waals surface area (Å²) in [5, 5.41) is 25.0. The fourth-order valence-electron chi connectivity index (χ4n) is 5.82. The highest BCUT2D eigenvalue weighted by molar-refractivity contribution is 6.02. The Bertz CT molecular complexity index is 1680. The maximum Gasteiger partial charge on any atom is 0.141 e. The molecule has 3 aromatic heterocycles. The number of rotatable bonds is 6. The van der Waals surface area contributed by atoms with Gasteiger partial charge in [0.1, 0.15) is 11.9 Å². The van der Waals surface area contributed by atoms with Crippen LogP contribution in [0.5, 0.6) is 0 Å². The molecule has 1 aliphatic heterocycles. The molecule has 0 saturated carbocycles. The fourth-order valence-corrected chi connectivity index (χ4v) is 5.82. The van der Waals surface area contributed by atoms with Crippen LogP contribution in [0, 0.1) is 23.1 Å². The topological polar surface area (TPSA) is 82.9 Å². The molecule has 0 spiro atoms. The monoisotopic (exact) mass is 508 g/mol. The van der Waals surface area contributed by atoms with Crippen LogP contribution in [0.3, 0.4) is 0 Å². The van der Waals surface area contributed by atoms with Gasteiger partial charge in [-0.2, -0.15) is 10.4 Å². The van der Waals surface area contributed by atoms with Crippen LogP contribution >= 0.6 is 0 Å². The van der Waals surface area contributed by atoms with Crippen molar-refractivity contribution in [3.05, 3.63) is 72.4 Å². The molecule has 0 bridgehead atoms. The number of benzene rings is 2. The second-order valence-electron chi connectivity index (χ2n) is 10.1. The number of nitriles is 1. The molecule has 192 valence electrons. The van der Waals surface area contributed by atoms with E-state index in [-0.39, 0.29) is 12.2 Å². The summed E-state index contributed by atoms with van der Waals surface area (Å²) in [7, 11) is 1.91. The summed E-state index contributed by atoms with van der Waals surface area (Å²) in [6.45, 7) is 3.74. The molecule has 0 radical (unpaired) electrons. The van der Waals surface area contributed by atoms with Crippen LogP contribution in [0.4, 0.5) is 4.39 Å². The van der Waals surface area contributed by atoms with Crippen molar-refractivity contribution >= 4 is 21.8 Å². The minimum absolute atomic E-state index is 0.0227. The summed E-state index contributed by atoms with van der Waals surface area (Å²) in [6, 6.07) is 14.9. The van der Waals surface area contributed by atoms with E-state index in [2.05, 4.69) is 32.9 Å². The minimum Gasteiger partial charge on any atom is -0.395 e. The highest BCUT2D eigenvalue weighted by Gasteiger charge is 2.22. The molecule has 0 unspecified atom stereocenters. The van der Waals surface area contributed by atoms with Gasteiger partial charge in [-0.1, -0.05) is 12.1 Å². The number of hydrogen-bond donors (Lipinski definition) is 1. The van der Waals surface area contributed by atoms with E-state index in [4.69, 9.17) is 4.98 Å². The number of piperidine rings is 1. The molecule has 7 nitrogen and oxygen atoms in total. The quantitative estimate of drug-likeness (QED) is 0.350. The van der Waals surface area contributed by atoms with Gasteiger partial charge in [-0.05, 0) is 61.2 Å². The minimum atomic E-state index is -0.540. The van der Waals surface area contributed by atoms with Crippen molar-refractivity contribution in [3.8, 4) is 28.5 Å². The van der Waals surface area contributed by atoms with Crippen LogP contribution in [-0.2, 0) is 13.6 Å². The van der Waals surface area contributed by atoms with Gasteiger partial charge in [0.05, 0.1) is 41.3 Å². The molecule has 6 rings (SSSR count). The number of aliphatic hydroxyl groups excluding tert-OH is 1. The van der Waals surface area contributed by atoms with Crippen molar-refractivity contribution in [1.29, 1.82) is 5.26 Å². The lowest BCUT2D eigenvalue weighted by molar-refractivity contribution is 0.133. The number of hydrogen-bond acceptors (Lipinski definition) is 5. The van der Waals surface area contributed by atoms with E-state index < -0.39 is 5.82 Å². The Kier molecular flexibility index (Phi) is 6.40. The Labute approximate surface area is 220 Å². The van der Waals surface area contributed by atoms with Crippen LogP contribution in [0.15, 0.2) is 61.1 Å². The molecule has 2 aromatic carbocycles. The third kappa shape index (κ3) is 4.34. The molecule has 1 atom stereocenters. The van der Waals surface area contributed by atoms with Crippen LogP contribution in [0.2, 0.25) is 0 Å². The zero-order chi connectivity index (χ0) is 26.2. The van der Waals surface area contributed by atoms with Crippen LogP contribution in [0.1, 0.15) is 18.4 Å². The van der Waals surface area contributed by atoms with Crippen LogP contribution in [0.25, 0.3) is 44.2 Å². The highest BCUT2D eigenvalue weighted by Crippen LogP contribution is 2.38. The van der Waals surface area contributed by atoms with E-state index in [1.54, 1.807) is 6.07 Å². The number of aryl methyl sites for hydroxylation is 1. The van der Waals surface area contributed by atoms with E-state index in [1.165, 1.54) is 12.1 Å². The smallest absolute Gasteiger partial charge is 0.141 e. The van der Waals surface area contributed by atoms with Gasteiger partial charge in [0, 0.05) is 54.8 Å². The molecule has 1 aliphatic rings. The van der Waals surface area contributed by atoms with Crippen molar-refractivity contribution in [2.45, 2.75) is 19.4 Å². The largest absolute Gasteiger partial charge is 0.395 e. The van der Waals surface area contributed by atoms with Gasteiger partial charge in [0.15, 0.2) is 0 Å². The Morgan fingerprint density at radius 1 is 1.11 bits per heavy atom. The average Bonchev–Trinajstić information content (AvgIpc) is 3.51. The molecule has 0 amide bonds. The van der Waals surface area contributed by atoms with Gasteiger partial charge in [-0.25, -0.2) is 4.39 Å². The standard InChI is InChI=1S/C30H29FN6O/c1-35-27-7-6-22(13-24(27)16-34-35)30-29(21-4-5-23(15-32)26(31)14-21)25-8-10-37(28(25)17-33-30)19-20-3-2-9-36(18-20)11-12-38/h4-8,10,13-14,16-17,20,38H,2-3,9,11-12,18-19H2,1H3/t20-/m1/s1. The zero-order valence-electron chi connectivity index (χ0n) is 21.3. The number of aromatic nitrogens is 4. The number of likely N-dealkylation sites (tertiary alicyclic amines) is 1. The van der Waals surface area contributed by atoms with Gasteiger partial charge in [0.2, 0.25) is 0 Å². The average molecular weight is 509 g/mol. The van der Waals surface area contributed by atoms with Gasteiger partial charge in [-0.3, -0.25) is 9.67 Å². The number of pyridine rings is 1. The first kappa shape index (κ1) is 24.3. The lowest BCUT2D eigenvalue weighted by Gasteiger charge is -2.32. The van der Waals surface area contributed by atoms with Gasteiger partial charge in [0.25, 0.3) is 0 Å². The molecule has 1 N–H and O–H groups in total. The van der Waals surface area contributed by atoms with Gasteiger partial charge < -0.3 is 14.6 Å². The Hall–Kier alpha value is -4.06. The summed E-state index contributed by atoms with van der Waals surface area (Å²) < 4.78 is 18.9. The summed E-state index contributed by atoms with van der Waals surface area (Å²) in [5.74, 6) is -0.0596. The van der Waals surface area contributed by atoms with Crippen molar-refractivity contribution in [2.75, 3.05) is 26.2 Å². The molecule has 5 aromatic rings. The van der Waals surface area contributed by atoms with E-state index in [1.807, 2.05) is 42.3 Å². The summed E-state index contributed by atoms with van der Waals surface area (Å²) in [5.41, 5.74) is 5.26. The maximum absolute atomic E-state index is 14.8. The van der Waals surface area contributed by atoms with E-state index in [9.17, 15) is 14.8 Å². The Morgan fingerprint density at radius 2 is 1.97 bits per heavy atom. The molecule has 38 heavy (non-hydrogen) atoms. The predicted molar refractivity (Wildman–Crippen MR) is 146 cm³/mol. The van der Waals surface area contributed by atoms with Crippen molar-refractivity contribution in [1.82, 2.24) is 24.2 Å². The maximum atomic E-state index is 14.8. The highest BCUT2D eigenvalue weighted by atomic mass is 19.1. The van der Waals surface area contributed by atoms with E-state index >= 15 is 0 Å². The number of nitrogens with zero attached hydrogens (tertiary/aromatic N) is 6. The first-order chi connectivity index (χ1) is 18.6. The van der Waals surface area contributed by atoms with Crippen molar-refractivity contribution in [3.63, 3.8) is 0 Å². The molecule has 1 saturated heterocycles. The predicted octanol–water partition coefficient (Wildman–Crippen LogP) is 4.97. The summed E-state index contributed by atoms with van der Waals surface area (Å²) in [4.78, 5) is 7.26. The van der Waals surface area contributed by atoms with E-state index in [0.717, 1.165) is 71.1 Å². The molecule has 8 heteroatoms. The number of β-amino-alcohol motifs (C(OH)–C–C–N with tert-alkyl or cyclic N) is 1. The van der Waals surface area contributed by atoms with Crippen LogP contribution < -0.4 is 0 Å². The second kappa shape index (κ2) is 10.0. The molecule has 4 heterocycles. The summed E-state index contributed by atoms with van der Waals surface area (Å²) in [6.07, 6.45) is 8.11. The molecular weight excluding hydrogens is 479 g/mol. The Morgan fingerprint density at radius 3 is 2.79 bits per heavy atom. The summed E-state index contributed by atoms with van der Waals surface area (Å²) >= 11 is 0. The number of aliphatic hydroxyl groups is 1. The molecular formula is C30H29FN6O. The van der Waals surface area contributed by atoms with Crippen molar-refractivity contribution < 1.29 is 9.50 Å². The molecule has 0 aliphatic carbocycles. The van der Waals surface area contributed by atoms with Crippen molar-refractivity contribution in [2.24, 2.45) is 13.0 Å². The fraction of sp³-hybridized carbons (Fsp3) is 0.300. The first-order valence-corrected chi connectivity index (χ1v) is 13.0. The first-order valence-electron chi connectivity index (χ1n) is 13.0. The van der Waals surface area contributed by atoms with Gasteiger partial charge >= 0.3 is 0 Å². The second-order valence-corrected chi connectivity index (χ2v) is 10.1. The Balaban J connectivity index is 1.47. The van der Waals surface area contributed by atoms with Gasteiger partial charge in [-0.15, -0.1) is 0 Å². The zero-order valence-corrected chi connectivity index (χ0v) is 21.3. The number of halogens is 1. The lowest BCUT2D eigenvalue weighted by Crippen LogP contribution is -2.38. The van der Waals surface area contributed by atoms with E-state index in [0.29, 0.717) is 18.0 Å². The third-order valence-corrected chi connectivity index (χ3v) is 7.70. The molecule has 1 fully saturated rings. The SMILES string of the molecule is Cn1ncc2cc(-c3ncc4c(ccn4C[C@@H]4CCCN(CCO)C4)c3-c3ccc(C#N)c(F)c3)ccc21. The third-order valence-electron chi connectivity index (χ3n) is 7.70. The normalized spacial score (nSPS) is 16.3.